The molecule has 0 aromatic heterocycles. The van der Waals surface area contributed by atoms with E-state index in [2.05, 4.69) is 31.3 Å². The van der Waals surface area contributed by atoms with Crippen molar-refractivity contribution >= 4 is 34.8 Å². The lowest BCUT2D eigenvalue weighted by Crippen LogP contribution is -2.25. The standard InChI is InChI=1S/C20H22Cl2N2O2/c1-13(17-11-15(21)7-10-18(17)22)23-24-19(25)12-26-16-8-5-14(6-9-16)20(2,3)4/h5-11H,12H2,1-4H3,(H,24,25). The Bertz CT molecular complexity index is 810. The summed E-state index contributed by atoms with van der Waals surface area (Å²) in [6, 6.07) is 12.8. The third kappa shape index (κ3) is 5.75. The summed E-state index contributed by atoms with van der Waals surface area (Å²) in [7, 11) is 0. The number of hydrogen-bond donors (Lipinski definition) is 1. The highest BCUT2D eigenvalue weighted by molar-refractivity contribution is 6.36. The Balaban J connectivity index is 1.91. The summed E-state index contributed by atoms with van der Waals surface area (Å²) in [6.45, 7) is 8.04. The molecule has 0 heterocycles. The summed E-state index contributed by atoms with van der Waals surface area (Å²) in [5.41, 5.74) is 4.95. The summed E-state index contributed by atoms with van der Waals surface area (Å²) in [6.07, 6.45) is 0. The molecule has 0 saturated carbocycles. The molecule has 0 spiro atoms. The predicted molar refractivity (Wildman–Crippen MR) is 107 cm³/mol. The van der Waals surface area contributed by atoms with Crippen LogP contribution in [0.3, 0.4) is 0 Å². The molecule has 138 valence electrons. The van der Waals surface area contributed by atoms with Crippen LogP contribution in [0.1, 0.15) is 38.8 Å². The Kier molecular flexibility index (Phi) is 6.68. The molecule has 0 bridgehead atoms. The van der Waals surface area contributed by atoms with Gasteiger partial charge in [-0.25, -0.2) is 5.43 Å². The van der Waals surface area contributed by atoms with Gasteiger partial charge in [0.05, 0.1) is 5.71 Å². The maximum atomic E-state index is 11.9. The van der Waals surface area contributed by atoms with E-state index in [1.807, 2.05) is 24.3 Å². The minimum atomic E-state index is -0.359. The van der Waals surface area contributed by atoms with Gasteiger partial charge in [-0.3, -0.25) is 4.79 Å². The lowest BCUT2D eigenvalue weighted by Gasteiger charge is -2.19. The van der Waals surface area contributed by atoms with E-state index in [4.69, 9.17) is 27.9 Å². The first-order valence-corrected chi connectivity index (χ1v) is 8.94. The molecule has 6 heteroatoms. The van der Waals surface area contributed by atoms with Gasteiger partial charge >= 0.3 is 0 Å². The maximum Gasteiger partial charge on any atom is 0.277 e. The van der Waals surface area contributed by atoms with Crippen LogP contribution in [0.5, 0.6) is 5.75 Å². The van der Waals surface area contributed by atoms with E-state index in [9.17, 15) is 4.79 Å². The zero-order chi connectivity index (χ0) is 19.3. The van der Waals surface area contributed by atoms with E-state index < -0.39 is 0 Å². The van der Waals surface area contributed by atoms with Crippen LogP contribution in [0.15, 0.2) is 47.6 Å². The minimum absolute atomic E-state index is 0.0732. The molecule has 0 unspecified atom stereocenters. The van der Waals surface area contributed by atoms with Crippen molar-refractivity contribution in [1.82, 2.24) is 5.43 Å². The lowest BCUT2D eigenvalue weighted by molar-refractivity contribution is -0.123. The van der Waals surface area contributed by atoms with Crippen molar-refractivity contribution in [2.75, 3.05) is 6.61 Å². The van der Waals surface area contributed by atoms with Gasteiger partial charge in [0.1, 0.15) is 5.75 Å². The van der Waals surface area contributed by atoms with Gasteiger partial charge in [-0.15, -0.1) is 0 Å². The van der Waals surface area contributed by atoms with Crippen LogP contribution >= 0.6 is 23.2 Å². The second kappa shape index (κ2) is 8.56. The number of nitrogens with zero attached hydrogens (tertiary/aromatic N) is 1. The fraction of sp³-hybridized carbons (Fsp3) is 0.300. The van der Waals surface area contributed by atoms with Crippen LogP contribution in [0, 0.1) is 0 Å². The third-order valence-electron chi connectivity index (χ3n) is 3.76. The third-order valence-corrected chi connectivity index (χ3v) is 4.32. The van der Waals surface area contributed by atoms with Gasteiger partial charge in [0.25, 0.3) is 5.91 Å². The van der Waals surface area contributed by atoms with E-state index in [-0.39, 0.29) is 17.9 Å². The fourth-order valence-electron chi connectivity index (χ4n) is 2.21. The average molecular weight is 393 g/mol. The van der Waals surface area contributed by atoms with Gasteiger partial charge in [-0.2, -0.15) is 5.10 Å². The minimum Gasteiger partial charge on any atom is -0.484 e. The van der Waals surface area contributed by atoms with Gasteiger partial charge in [0.15, 0.2) is 6.61 Å². The van der Waals surface area contributed by atoms with Crippen LogP contribution in [0.4, 0.5) is 0 Å². The molecule has 1 N–H and O–H groups in total. The summed E-state index contributed by atoms with van der Waals surface area (Å²) in [4.78, 5) is 11.9. The molecular formula is C20H22Cl2N2O2. The number of nitrogens with one attached hydrogen (secondary N) is 1. The van der Waals surface area contributed by atoms with Crippen molar-refractivity contribution in [3.05, 3.63) is 63.6 Å². The van der Waals surface area contributed by atoms with Crippen molar-refractivity contribution in [1.29, 1.82) is 0 Å². The number of rotatable bonds is 5. The molecule has 2 aromatic carbocycles. The van der Waals surface area contributed by atoms with Crippen LogP contribution in [0.25, 0.3) is 0 Å². The Morgan fingerprint density at radius 2 is 1.77 bits per heavy atom. The summed E-state index contributed by atoms with van der Waals surface area (Å²) in [5.74, 6) is 0.272. The van der Waals surface area contributed by atoms with Gasteiger partial charge in [-0.05, 0) is 48.2 Å². The van der Waals surface area contributed by atoms with E-state index in [0.717, 1.165) is 0 Å². The van der Waals surface area contributed by atoms with Crippen molar-refractivity contribution in [2.45, 2.75) is 33.1 Å². The highest BCUT2D eigenvalue weighted by Crippen LogP contribution is 2.24. The van der Waals surface area contributed by atoms with Crippen LogP contribution < -0.4 is 10.2 Å². The van der Waals surface area contributed by atoms with Crippen LogP contribution in [-0.2, 0) is 10.2 Å². The predicted octanol–water partition coefficient (Wildman–Crippen LogP) is 5.21. The molecule has 0 aliphatic rings. The molecule has 4 nitrogen and oxygen atoms in total. The van der Waals surface area contributed by atoms with Crippen molar-refractivity contribution < 1.29 is 9.53 Å². The van der Waals surface area contributed by atoms with Gasteiger partial charge in [0.2, 0.25) is 0 Å². The number of ether oxygens (including phenoxy) is 1. The van der Waals surface area contributed by atoms with Crippen molar-refractivity contribution in [2.24, 2.45) is 5.10 Å². The highest BCUT2D eigenvalue weighted by Gasteiger charge is 2.13. The quantitative estimate of drug-likeness (QED) is 0.560. The monoisotopic (exact) mass is 392 g/mol. The normalized spacial score (nSPS) is 12.0. The molecule has 0 saturated heterocycles. The average Bonchev–Trinajstić information content (AvgIpc) is 2.59. The lowest BCUT2D eigenvalue weighted by atomic mass is 9.87. The summed E-state index contributed by atoms with van der Waals surface area (Å²) < 4.78 is 5.49. The molecular weight excluding hydrogens is 371 g/mol. The maximum absolute atomic E-state index is 11.9. The molecule has 0 fully saturated rings. The van der Waals surface area contributed by atoms with Gasteiger partial charge in [0, 0.05) is 15.6 Å². The van der Waals surface area contributed by atoms with E-state index >= 15 is 0 Å². The molecule has 0 radical (unpaired) electrons. The Labute approximate surface area is 164 Å². The van der Waals surface area contributed by atoms with Crippen molar-refractivity contribution in [3.8, 4) is 5.75 Å². The zero-order valence-corrected chi connectivity index (χ0v) is 16.8. The van der Waals surface area contributed by atoms with Crippen LogP contribution in [0.2, 0.25) is 10.0 Å². The first kappa shape index (κ1) is 20.3. The molecule has 2 rings (SSSR count). The fourth-order valence-corrected chi connectivity index (χ4v) is 2.64. The number of hydrogen-bond acceptors (Lipinski definition) is 3. The smallest absolute Gasteiger partial charge is 0.277 e. The number of benzene rings is 2. The topological polar surface area (TPSA) is 50.7 Å². The highest BCUT2D eigenvalue weighted by atomic mass is 35.5. The number of carbonyl (C=O) groups is 1. The molecule has 0 atom stereocenters. The van der Waals surface area contributed by atoms with E-state index in [0.29, 0.717) is 27.1 Å². The Morgan fingerprint density at radius 1 is 1.12 bits per heavy atom. The molecule has 26 heavy (non-hydrogen) atoms. The number of carbonyl (C=O) groups excluding carboxylic acids is 1. The first-order chi connectivity index (χ1) is 12.2. The van der Waals surface area contributed by atoms with E-state index in [1.54, 1.807) is 25.1 Å². The molecule has 2 aromatic rings. The Hall–Kier alpha value is -2.04. The van der Waals surface area contributed by atoms with Crippen molar-refractivity contribution in [3.63, 3.8) is 0 Å². The second-order valence-electron chi connectivity index (χ2n) is 6.92. The van der Waals surface area contributed by atoms with Crippen LogP contribution in [-0.4, -0.2) is 18.2 Å². The second-order valence-corrected chi connectivity index (χ2v) is 7.76. The first-order valence-electron chi connectivity index (χ1n) is 8.19. The summed E-state index contributed by atoms with van der Waals surface area (Å²) in [5, 5.41) is 5.11. The number of amides is 1. The van der Waals surface area contributed by atoms with E-state index in [1.165, 1.54) is 5.56 Å². The van der Waals surface area contributed by atoms with Gasteiger partial charge in [-0.1, -0.05) is 56.1 Å². The Morgan fingerprint density at radius 3 is 2.38 bits per heavy atom. The molecule has 0 aliphatic carbocycles. The molecule has 1 amide bonds. The summed E-state index contributed by atoms with van der Waals surface area (Å²) >= 11 is 12.1. The zero-order valence-electron chi connectivity index (χ0n) is 15.3. The molecule has 0 aliphatic heterocycles. The SMILES string of the molecule is CC(=NNC(=O)COc1ccc(C(C)(C)C)cc1)c1cc(Cl)ccc1Cl. The largest absolute Gasteiger partial charge is 0.484 e. The number of halogens is 2. The van der Waals surface area contributed by atoms with Gasteiger partial charge < -0.3 is 4.74 Å². The number of hydrazone groups is 1.